The highest BCUT2D eigenvalue weighted by Gasteiger charge is 2.12. The molecule has 2 aromatic rings. The Morgan fingerprint density at radius 3 is 2.42 bits per heavy atom. The molecular weight excluding hydrogens is 298 g/mol. The van der Waals surface area contributed by atoms with Crippen molar-refractivity contribution >= 4 is 17.4 Å². The van der Waals surface area contributed by atoms with Gasteiger partial charge in [0.2, 0.25) is 5.91 Å². The van der Waals surface area contributed by atoms with Gasteiger partial charge in [-0.1, -0.05) is 56.0 Å². The number of pyridine rings is 1. The van der Waals surface area contributed by atoms with E-state index < -0.39 is 0 Å². The highest BCUT2D eigenvalue weighted by molar-refractivity contribution is 5.91. The van der Waals surface area contributed by atoms with Crippen LogP contribution in [0, 0.1) is 0 Å². The standard InChI is InChI=1S/C20H25N3O/c24-20(14-16-8-4-3-5-9-16)23-19-13-12-18(15-21-19)22-17-10-6-1-2-7-11-17/h3-5,8-9,12-13,15,17,22H,1-2,6-7,10-11,14H2,(H,21,23,24). The lowest BCUT2D eigenvalue weighted by atomic mass is 10.1. The first-order valence-corrected chi connectivity index (χ1v) is 8.86. The van der Waals surface area contributed by atoms with Gasteiger partial charge in [-0.2, -0.15) is 0 Å². The molecule has 1 aliphatic rings. The molecule has 0 unspecified atom stereocenters. The van der Waals surface area contributed by atoms with E-state index in [0.29, 0.717) is 18.3 Å². The Labute approximate surface area is 143 Å². The Hall–Kier alpha value is -2.36. The van der Waals surface area contributed by atoms with Crippen molar-refractivity contribution in [3.8, 4) is 0 Å². The molecule has 1 amide bonds. The number of aromatic nitrogens is 1. The first-order chi connectivity index (χ1) is 11.8. The van der Waals surface area contributed by atoms with Gasteiger partial charge in [0.1, 0.15) is 5.82 Å². The summed E-state index contributed by atoms with van der Waals surface area (Å²) in [5.41, 5.74) is 2.03. The lowest BCUT2D eigenvalue weighted by Crippen LogP contribution is -2.19. The molecule has 3 rings (SSSR count). The van der Waals surface area contributed by atoms with E-state index in [-0.39, 0.29) is 5.91 Å². The van der Waals surface area contributed by atoms with E-state index in [9.17, 15) is 4.79 Å². The summed E-state index contributed by atoms with van der Waals surface area (Å²) in [7, 11) is 0. The molecule has 4 nitrogen and oxygen atoms in total. The van der Waals surface area contributed by atoms with Gasteiger partial charge in [-0.15, -0.1) is 0 Å². The maximum atomic E-state index is 12.1. The van der Waals surface area contributed by atoms with Crippen molar-refractivity contribution in [3.63, 3.8) is 0 Å². The van der Waals surface area contributed by atoms with Crippen molar-refractivity contribution in [2.45, 2.75) is 51.0 Å². The number of amides is 1. The van der Waals surface area contributed by atoms with Crippen LogP contribution in [0.15, 0.2) is 48.7 Å². The molecule has 1 saturated carbocycles. The molecule has 0 aliphatic heterocycles. The predicted octanol–water partition coefficient (Wildman–Crippen LogP) is 4.40. The van der Waals surface area contributed by atoms with Gasteiger partial charge in [0.15, 0.2) is 0 Å². The summed E-state index contributed by atoms with van der Waals surface area (Å²) in [4.78, 5) is 16.4. The summed E-state index contributed by atoms with van der Waals surface area (Å²) < 4.78 is 0. The SMILES string of the molecule is O=C(Cc1ccccc1)Nc1ccc(NC2CCCCCC2)cn1. The summed E-state index contributed by atoms with van der Waals surface area (Å²) in [5.74, 6) is 0.556. The minimum Gasteiger partial charge on any atom is -0.381 e. The molecule has 0 radical (unpaired) electrons. The number of benzene rings is 1. The molecule has 0 bridgehead atoms. The molecule has 0 saturated heterocycles. The zero-order chi connectivity index (χ0) is 16.6. The average Bonchev–Trinajstić information content (AvgIpc) is 2.86. The van der Waals surface area contributed by atoms with E-state index in [0.717, 1.165) is 11.3 Å². The molecule has 0 spiro atoms. The third-order valence-electron chi connectivity index (χ3n) is 4.46. The number of hydrogen-bond acceptors (Lipinski definition) is 3. The minimum atomic E-state index is -0.0434. The highest BCUT2D eigenvalue weighted by Crippen LogP contribution is 2.21. The molecule has 0 atom stereocenters. The Morgan fingerprint density at radius 2 is 1.75 bits per heavy atom. The van der Waals surface area contributed by atoms with Gasteiger partial charge in [0, 0.05) is 6.04 Å². The molecule has 1 heterocycles. The average molecular weight is 323 g/mol. The van der Waals surface area contributed by atoms with Crippen LogP contribution in [-0.4, -0.2) is 16.9 Å². The molecule has 1 aliphatic carbocycles. The fourth-order valence-electron chi connectivity index (χ4n) is 3.18. The normalized spacial score (nSPS) is 15.5. The number of nitrogens with one attached hydrogen (secondary N) is 2. The fraction of sp³-hybridized carbons (Fsp3) is 0.400. The van der Waals surface area contributed by atoms with Gasteiger partial charge >= 0.3 is 0 Å². The van der Waals surface area contributed by atoms with Crippen LogP contribution in [0.2, 0.25) is 0 Å². The van der Waals surface area contributed by atoms with Gasteiger partial charge in [0.05, 0.1) is 18.3 Å². The van der Waals surface area contributed by atoms with Crippen molar-refractivity contribution in [2.24, 2.45) is 0 Å². The van der Waals surface area contributed by atoms with Gasteiger partial charge in [-0.25, -0.2) is 4.98 Å². The maximum absolute atomic E-state index is 12.1. The topological polar surface area (TPSA) is 54.0 Å². The molecule has 4 heteroatoms. The molecule has 1 fully saturated rings. The zero-order valence-corrected chi connectivity index (χ0v) is 14.0. The van der Waals surface area contributed by atoms with Crippen LogP contribution in [0.5, 0.6) is 0 Å². The number of carbonyl (C=O) groups excluding carboxylic acids is 1. The summed E-state index contributed by atoms with van der Waals surface area (Å²) in [5, 5.41) is 6.42. The second kappa shape index (κ2) is 8.48. The van der Waals surface area contributed by atoms with Crippen molar-refractivity contribution in [1.82, 2.24) is 4.98 Å². The highest BCUT2D eigenvalue weighted by atomic mass is 16.1. The first kappa shape index (κ1) is 16.5. The van der Waals surface area contributed by atoms with Gasteiger partial charge in [-0.3, -0.25) is 4.79 Å². The van der Waals surface area contributed by atoms with Gasteiger partial charge in [0.25, 0.3) is 0 Å². The Bertz CT molecular complexity index is 632. The summed E-state index contributed by atoms with van der Waals surface area (Å²) in [6.07, 6.45) is 9.95. The van der Waals surface area contributed by atoms with Crippen molar-refractivity contribution in [3.05, 3.63) is 54.2 Å². The van der Waals surface area contributed by atoms with Crippen LogP contribution in [0.25, 0.3) is 0 Å². The lowest BCUT2D eigenvalue weighted by Gasteiger charge is -2.17. The largest absolute Gasteiger partial charge is 0.381 e. The van der Waals surface area contributed by atoms with Crippen molar-refractivity contribution in [2.75, 3.05) is 10.6 Å². The third-order valence-corrected chi connectivity index (χ3v) is 4.46. The number of nitrogens with zero attached hydrogens (tertiary/aromatic N) is 1. The molecular formula is C20H25N3O. The quantitative estimate of drug-likeness (QED) is 0.802. The fourth-order valence-corrected chi connectivity index (χ4v) is 3.18. The summed E-state index contributed by atoms with van der Waals surface area (Å²) >= 11 is 0. The zero-order valence-electron chi connectivity index (χ0n) is 14.0. The summed E-state index contributed by atoms with van der Waals surface area (Å²) in [6.45, 7) is 0. The molecule has 126 valence electrons. The third kappa shape index (κ3) is 5.08. The lowest BCUT2D eigenvalue weighted by molar-refractivity contribution is -0.115. The molecule has 2 N–H and O–H groups in total. The summed E-state index contributed by atoms with van der Waals surface area (Å²) in [6, 6.07) is 14.1. The van der Waals surface area contributed by atoms with E-state index in [4.69, 9.17) is 0 Å². The predicted molar refractivity (Wildman–Crippen MR) is 98.1 cm³/mol. The molecule has 1 aromatic heterocycles. The minimum absolute atomic E-state index is 0.0434. The molecule has 24 heavy (non-hydrogen) atoms. The Balaban J connectivity index is 1.51. The van der Waals surface area contributed by atoms with Crippen LogP contribution < -0.4 is 10.6 Å². The van der Waals surface area contributed by atoms with E-state index in [1.165, 1.54) is 38.5 Å². The van der Waals surface area contributed by atoms with Crippen LogP contribution >= 0.6 is 0 Å². The van der Waals surface area contributed by atoms with Gasteiger partial charge < -0.3 is 10.6 Å². The monoisotopic (exact) mass is 323 g/mol. The van der Waals surface area contributed by atoms with E-state index in [2.05, 4.69) is 15.6 Å². The number of hydrogen-bond donors (Lipinski definition) is 2. The Morgan fingerprint density at radius 1 is 1.00 bits per heavy atom. The second-order valence-corrected chi connectivity index (χ2v) is 6.48. The van der Waals surface area contributed by atoms with E-state index >= 15 is 0 Å². The van der Waals surface area contributed by atoms with Crippen LogP contribution in [0.4, 0.5) is 11.5 Å². The molecule has 1 aromatic carbocycles. The Kier molecular flexibility index (Phi) is 5.83. The number of anilines is 2. The van der Waals surface area contributed by atoms with Crippen LogP contribution in [0.1, 0.15) is 44.1 Å². The second-order valence-electron chi connectivity index (χ2n) is 6.48. The van der Waals surface area contributed by atoms with E-state index in [1.807, 2.05) is 48.7 Å². The number of rotatable bonds is 5. The number of carbonyl (C=O) groups is 1. The van der Waals surface area contributed by atoms with Gasteiger partial charge in [-0.05, 0) is 30.5 Å². The smallest absolute Gasteiger partial charge is 0.229 e. The van der Waals surface area contributed by atoms with Crippen LogP contribution in [-0.2, 0) is 11.2 Å². The first-order valence-electron chi connectivity index (χ1n) is 8.86. The van der Waals surface area contributed by atoms with E-state index in [1.54, 1.807) is 0 Å². The maximum Gasteiger partial charge on any atom is 0.229 e. The van der Waals surface area contributed by atoms with Crippen LogP contribution in [0.3, 0.4) is 0 Å². The van der Waals surface area contributed by atoms with Crippen molar-refractivity contribution in [1.29, 1.82) is 0 Å². The van der Waals surface area contributed by atoms with Crippen molar-refractivity contribution < 1.29 is 4.79 Å².